The van der Waals surface area contributed by atoms with Gasteiger partial charge >= 0.3 is 0 Å². The number of benzene rings is 1. The van der Waals surface area contributed by atoms with Crippen LogP contribution in [0.4, 0.5) is 5.82 Å². The molecule has 1 aromatic carbocycles. The summed E-state index contributed by atoms with van der Waals surface area (Å²) in [4.78, 5) is 2.25. The maximum atomic E-state index is 5.36. The van der Waals surface area contributed by atoms with E-state index in [1.807, 2.05) is 36.4 Å². The lowest BCUT2D eigenvalue weighted by atomic mass is 10.1. The molecule has 3 rings (SSSR count). The Labute approximate surface area is 119 Å². The molecule has 0 bridgehead atoms. The molecule has 1 aliphatic rings. The average Bonchev–Trinajstić information content (AvgIpc) is 2.56. The Kier molecular flexibility index (Phi) is 3.81. The number of para-hydroxylation sites is 1. The Morgan fingerprint density at radius 3 is 2.70 bits per heavy atom. The zero-order valence-corrected chi connectivity index (χ0v) is 11.6. The fourth-order valence-corrected chi connectivity index (χ4v) is 2.47. The molecule has 2 aromatic rings. The van der Waals surface area contributed by atoms with E-state index in [4.69, 9.17) is 4.74 Å². The van der Waals surface area contributed by atoms with Crippen LogP contribution in [0, 0.1) is 6.42 Å². The zero-order valence-electron chi connectivity index (χ0n) is 11.6. The maximum absolute atomic E-state index is 5.36. The number of anilines is 1. The largest absolute Gasteiger partial charge is 0.496 e. The number of nitrogens with zero attached hydrogens (tertiary/aromatic N) is 3. The van der Waals surface area contributed by atoms with Gasteiger partial charge in [-0.25, -0.2) is 0 Å². The Hall–Kier alpha value is -2.10. The highest BCUT2D eigenvalue weighted by Gasteiger charge is 2.13. The molecule has 0 saturated carbocycles. The minimum Gasteiger partial charge on any atom is -0.496 e. The van der Waals surface area contributed by atoms with E-state index in [2.05, 4.69) is 21.5 Å². The highest BCUT2D eigenvalue weighted by atomic mass is 16.5. The van der Waals surface area contributed by atoms with Crippen LogP contribution in [-0.4, -0.2) is 30.4 Å². The van der Waals surface area contributed by atoms with E-state index in [0.717, 1.165) is 35.9 Å². The first-order valence-electron chi connectivity index (χ1n) is 6.92. The summed E-state index contributed by atoms with van der Waals surface area (Å²) < 4.78 is 5.36. The quantitative estimate of drug-likeness (QED) is 0.858. The molecule has 0 spiro atoms. The lowest BCUT2D eigenvalue weighted by Crippen LogP contribution is -2.30. The van der Waals surface area contributed by atoms with Gasteiger partial charge in [0.25, 0.3) is 0 Å². The summed E-state index contributed by atoms with van der Waals surface area (Å²) in [5, 5.41) is 8.70. The van der Waals surface area contributed by atoms with E-state index in [1.54, 1.807) is 7.11 Å². The number of hydrogen-bond acceptors (Lipinski definition) is 4. The Balaban J connectivity index is 1.85. The second-order valence-electron chi connectivity index (χ2n) is 4.85. The first kappa shape index (κ1) is 12.9. The highest BCUT2D eigenvalue weighted by molar-refractivity contribution is 5.67. The van der Waals surface area contributed by atoms with Crippen molar-refractivity contribution in [2.24, 2.45) is 0 Å². The van der Waals surface area contributed by atoms with E-state index < -0.39 is 0 Å². The third-order valence-corrected chi connectivity index (χ3v) is 3.54. The predicted molar refractivity (Wildman–Crippen MR) is 79.8 cm³/mol. The first-order valence-corrected chi connectivity index (χ1v) is 6.92. The molecule has 2 heterocycles. The maximum Gasteiger partial charge on any atom is 0.151 e. The third-order valence-electron chi connectivity index (χ3n) is 3.54. The normalized spacial score (nSPS) is 15.2. The van der Waals surface area contributed by atoms with E-state index in [1.165, 1.54) is 12.8 Å². The molecule has 0 atom stereocenters. The van der Waals surface area contributed by atoms with E-state index in [9.17, 15) is 0 Å². The topological polar surface area (TPSA) is 38.2 Å². The van der Waals surface area contributed by atoms with Crippen LogP contribution < -0.4 is 9.64 Å². The molecular formula is C16H18N3O. The second kappa shape index (κ2) is 5.90. The molecule has 0 N–H and O–H groups in total. The lowest BCUT2D eigenvalue weighted by Gasteiger charge is -2.26. The van der Waals surface area contributed by atoms with Gasteiger partial charge in [0.1, 0.15) is 5.75 Å². The monoisotopic (exact) mass is 268 g/mol. The third kappa shape index (κ3) is 2.59. The molecule has 0 amide bonds. The van der Waals surface area contributed by atoms with Crippen molar-refractivity contribution in [3.63, 3.8) is 0 Å². The summed E-state index contributed by atoms with van der Waals surface area (Å²) >= 11 is 0. The molecule has 1 radical (unpaired) electrons. The minimum atomic E-state index is 0.820. The van der Waals surface area contributed by atoms with Crippen molar-refractivity contribution in [3.8, 4) is 17.0 Å². The van der Waals surface area contributed by atoms with Gasteiger partial charge in [0.05, 0.1) is 12.8 Å². The summed E-state index contributed by atoms with van der Waals surface area (Å²) in [6.45, 7) is 2.02. The minimum absolute atomic E-state index is 0.820. The summed E-state index contributed by atoms with van der Waals surface area (Å²) in [6, 6.07) is 11.9. The van der Waals surface area contributed by atoms with Crippen molar-refractivity contribution >= 4 is 5.82 Å². The van der Waals surface area contributed by atoms with E-state index in [-0.39, 0.29) is 0 Å². The van der Waals surface area contributed by atoms with Crippen LogP contribution in [0.15, 0.2) is 36.4 Å². The number of aromatic nitrogens is 2. The second-order valence-corrected chi connectivity index (χ2v) is 4.85. The molecule has 1 fully saturated rings. The van der Waals surface area contributed by atoms with Gasteiger partial charge in [-0.3, -0.25) is 0 Å². The zero-order chi connectivity index (χ0) is 13.8. The van der Waals surface area contributed by atoms with Crippen LogP contribution in [0.25, 0.3) is 11.3 Å². The summed E-state index contributed by atoms with van der Waals surface area (Å²) in [5.41, 5.74) is 1.81. The van der Waals surface area contributed by atoms with Crippen molar-refractivity contribution in [3.05, 3.63) is 42.8 Å². The van der Waals surface area contributed by atoms with Gasteiger partial charge in [0, 0.05) is 18.7 Å². The van der Waals surface area contributed by atoms with Crippen LogP contribution in [0.3, 0.4) is 0 Å². The molecule has 0 unspecified atom stereocenters. The first-order chi connectivity index (χ1) is 9.88. The molecule has 1 aliphatic heterocycles. The molecular weight excluding hydrogens is 250 g/mol. The van der Waals surface area contributed by atoms with Gasteiger partial charge in [-0.1, -0.05) is 12.1 Å². The van der Waals surface area contributed by atoms with Crippen LogP contribution in [0.2, 0.25) is 0 Å². The van der Waals surface area contributed by atoms with Crippen molar-refractivity contribution in [1.29, 1.82) is 0 Å². The number of rotatable bonds is 3. The molecule has 1 saturated heterocycles. The smallest absolute Gasteiger partial charge is 0.151 e. The lowest BCUT2D eigenvalue weighted by molar-refractivity contribution is 0.416. The molecule has 103 valence electrons. The van der Waals surface area contributed by atoms with Crippen LogP contribution in [0.5, 0.6) is 5.75 Å². The number of ether oxygens (including phenoxy) is 1. The van der Waals surface area contributed by atoms with Gasteiger partial charge in [0.15, 0.2) is 5.82 Å². The van der Waals surface area contributed by atoms with Crippen LogP contribution in [-0.2, 0) is 0 Å². The molecule has 4 heteroatoms. The van der Waals surface area contributed by atoms with Gasteiger partial charge in [-0.15, -0.1) is 10.2 Å². The fraction of sp³-hybridized carbons (Fsp3) is 0.312. The number of methoxy groups -OCH3 is 1. The van der Waals surface area contributed by atoms with Gasteiger partial charge in [0.2, 0.25) is 0 Å². The van der Waals surface area contributed by atoms with Gasteiger partial charge in [-0.05, 0) is 43.5 Å². The number of piperidine rings is 1. The van der Waals surface area contributed by atoms with Gasteiger partial charge < -0.3 is 9.64 Å². The average molecular weight is 268 g/mol. The predicted octanol–water partition coefficient (Wildman–Crippen LogP) is 2.96. The van der Waals surface area contributed by atoms with E-state index >= 15 is 0 Å². The molecule has 4 nitrogen and oxygen atoms in total. The molecule has 20 heavy (non-hydrogen) atoms. The summed E-state index contributed by atoms with van der Waals surface area (Å²) in [7, 11) is 1.67. The summed E-state index contributed by atoms with van der Waals surface area (Å²) in [5.74, 6) is 1.76. The number of hydrogen-bond donors (Lipinski definition) is 0. The van der Waals surface area contributed by atoms with E-state index in [0.29, 0.717) is 0 Å². The Morgan fingerprint density at radius 1 is 1.10 bits per heavy atom. The van der Waals surface area contributed by atoms with Crippen molar-refractivity contribution in [2.45, 2.75) is 12.8 Å². The Morgan fingerprint density at radius 2 is 2.00 bits per heavy atom. The van der Waals surface area contributed by atoms with Crippen LogP contribution in [0.1, 0.15) is 12.8 Å². The standard InChI is InChI=1S/C16H18N3O/c1-20-15-8-4-3-7-13(15)14-9-10-16(18-17-14)19-11-5-2-6-12-19/h3-5,7-10H,2,6,11-12H2,1H3. The molecule has 1 aromatic heterocycles. The van der Waals surface area contributed by atoms with Gasteiger partial charge in [-0.2, -0.15) is 0 Å². The van der Waals surface area contributed by atoms with Crippen molar-refractivity contribution in [2.75, 3.05) is 25.1 Å². The highest BCUT2D eigenvalue weighted by Crippen LogP contribution is 2.28. The van der Waals surface area contributed by atoms with Crippen molar-refractivity contribution < 1.29 is 4.74 Å². The van der Waals surface area contributed by atoms with Crippen LogP contribution >= 0.6 is 0 Å². The fourth-order valence-electron chi connectivity index (χ4n) is 2.47. The molecule has 0 aliphatic carbocycles. The summed E-state index contributed by atoms with van der Waals surface area (Å²) in [6.07, 6.45) is 4.68. The SMILES string of the molecule is COc1ccccc1-c1ccc(N2C[CH]CCC2)nn1. The van der Waals surface area contributed by atoms with Crippen molar-refractivity contribution in [1.82, 2.24) is 10.2 Å². The Bertz CT molecular complexity index is 562.